The Hall–Kier alpha value is -3.45. The first kappa shape index (κ1) is 22.7. The van der Waals surface area contributed by atoms with E-state index in [0.717, 1.165) is 5.56 Å². The minimum atomic E-state index is -1.68. The Kier molecular flexibility index (Phi) is 5.84. The zero-order chi connectivity index (χ0) is 23.9. The van der Waals surface area contributed by atoms with E-state index in [9.17, 15) is 19.5 Å². The number of benzene rings is 2. The molecule has 0 saturated carbocycles. The van der Waals surface area contributed by atoms with E-state index in [1.165, 1.54) is 4.90 Å². The lowest BCUT2D eigenvalue weighted by molar-refractivity contribution is -0.143. The number of anilines is 1. The molecule has 0 radical (unpaired) electrons. The van der Waals surface area contributed by atoms with Gasteiger partial charge in [-0.25, -0.2) is 0 Å². The molecule has 0 aliphatic carbocycles. The standard InChI is InChI=1S/C26H29N3O4/c1-5-28-20-10-7-6-9-19(20)26(25(28)33)21(22(30)18-13-11-17(2)12-14-18)23(31)24(32)29(26)16-8-15-27(3)4/h6-7,9-14,30H,5,8,15-16H2,1-4H3/b22-21+. The van der Waals surface area contributed by atoms with Crippen LogP contribution in [0.15, 0.2) is 54.1 Å². The molecule has 1 fully saturated rings. The van der Waals surface area contributed by atoms with Crippen molar-refractivity contribution in [2.45, 2.75) is 25.8 Å². The number of ketones is 1. The first-order valence-corrected chi connectivity index (χ1v) is 11.2. The second-order valence-corrected chi connectivity index (χ2v) is 8.81. The van der Waals surface area contributed by atoms with Crippen molar-refractivity contribution in [1.29, 1.82) is 0 Å². The summed E-state index contributed by atoms with van der Waals surface area (Å²) in [5.41, 5.74) is 0.752. The van der Waals surface area contributed by atoms with Crippen LogP contribution in [-0.2, 0) is 19.9 Å². The molecule has 1 spiro atoms. The molecule has 2 heterocycles. The summed E-state index contributed by atoms with van der Waals surface area (Å²) in [6.07, 6.45) is 0.577. The Morgan fingerprint density at radius 3 is 2.33 bits per heavy atom. The van der Waals surface area contributed by atoms with E-state index in [0.29, 0.717) is 36.3 Å². The summed E-state index contributed by atoms with van der Waals surface area (Å²) in [6.45, 7) is 5.05. The van der Waals surface area contributed by atoms with Crippen LogP contribution in [0.25, 0.3) is 5.76 Å². The third-order valence-corrected chi connectivity index (χ3v) is 6.44. The monoisotopic (exact) mass is 447 g/mol. The number of Topliss-reactive ketones (excluding diaryl/α,β-unsaturated/α-hetero) is 1. The number of carbonyl (C=O) groups is 3. The van der Waals surface area contributed by atoms with Crippen LogP contribution in [0.1, 0.15) is 30.0 Å². The van der Waals surface area contributed by atoms with Gasteiger partial charge in [-0.2, -0.15) is 0 Å². The van der Waals surface area contributed by atoms with E-state index < -0.39 is 17.2 Å². The molecule has 2 aliphatic rings. The van der Waals surface area contributed by atoms with Crippen molar-refractivity contribution >= 4 is 29.0 Å². The molecule has 2 aromatic carbocycles. The van der Waals surface area contributed by atoms with E-state index >= 15 is 0 Å². The van der Waals surface area contributed by atoms with Crippen molar-refractivity contribution in [3.63, 3.8) is 0 Å². The largest absolute Gasteiger partial charge is 0.507 e. The Bertz CT molecular complexity index is 1150. The number of carbonyl (C=O) groups excluding carboxylic acids is 3. The summed E-state index contributed by atoms with van der Waals surface area (Å²) in [4.78, 5) is 45.7. The molecule has 172 valence electrons. The lowest BCUT2D eigenvalue weighted by Crippen LogP contribution is -2.52. The zero-order valence-electron chi connectivity index (χ0n) is 19.5. The first-order valence-electron chi connectivity index (χ1n) is 11.2. The molecule has 1 unspecified atom stereocenters. The summed E-state index contributed by atoms with van der Waals surface area (Å²) >= 11 is 0. The maximum Gasteiger partial charge on any atom is 0.296 e. The fourth-order valence-electron chi connectivity index (χ4n) is 4.88. The lowest BCUT2D eigenvalue weighted by Gasteiger charge is -2.34. The number of aliphatic hydroxyl groups excluding tert-OH is 1. The van der Waals surface area contributed by atoms with Gasteiger partial charge < -0.3 is 19.8 Å². The smallest absolute Gasteiger partial charge is 0.296 e. The molecular formula is C26H29N3O4. The molecule has 1 N–H and O–H groups in total. The van der Waals surface area contributed by atoms with E-state index in [4.69, 9.17) is 0 Å². The summed E-state index contributed by atoms with van der Waals surface area (Å²) < 4.78 is 0. The third kappa shape index (κ3) is 3.35. The van der Waals surface area contributed by atoms with Gasteiger partial charge in [0.15, 0.2) is 5.54 Å². The number of rotatable bonds is 6. The molecule has 2 amide bonds. The SMILES string of the molecule is CCN1C(=O)C2(/C(=C(/O)c3ccc(C)cc3)C(=O)C(=O)N2CCCN(C)C)c2ccccc21. The highest BCUT2D eigenvalue weighted by Crippen LogP contribution is 2.53. The molecule has 0 aromatic heterocycles. The van der Waals surface area contributed by atoms with Crippen LogP contribution in [0.2, 0.25) is 0 Å². The Morgan fingerprint density at radius 1 is 1.03 bits per heavy atom. The zero-order valence-corrected chi connectivity index (χ0v) is 19.5. The number of fused-ring (bicyclic) bond motifs is 2. The van der Waals surface area contributed by atoms with Gasteiger partial charge in [0.25, 0.3) is 17.6 Å². The highest BCUT2D eigenvalue weighted by molar-refractivity contribution is 6.50. The van der Waals surface area contributed by atoms with Gasteiger partial charge >= 0.3 is 0 Å². The lowest BCUT2D eigenvalue weighted by atomic mass is 9.81. The second kappa shape index (κ2) is 8.48. The van der Waals surface area contributed by atoms with Gasteiger partial charge in [0, 0.05) is 24.2 Å². The van der Waals surface area contributed by atoms with Gasteiger partial charge in [-0.15, -0.1) is 0 Å². The van der Waals surface area contributed by atoms with E-state index in [-0.39, 0.29) is 23.8 Å². The number of likely N-dealkylation sites (tertiary alicyclic amines) is 1. The van der Waals surface area contributed by atoms with Crippen LogP contribution in [0.5, 0.6) is 0 Å². The maximum absolute atomic E-state index is 14.0. The first-order chi connectivity index (χ1) is 15.7. The molecular weight excluding hydrogens is 418 g/mol. The summed E-state index contributed by atoms with van der Waals surface area (Å²) in [6, 6.07) is 14.2. The van der Waals surface area contributed by atoms with Crippen molar-refractivity contribution in [1.82, 2.24) is 9.80 Å². The normalized spacial score (nSPS) is 21.5. The van der Waals surface area contributed by atoms with E-state index in [1.807, 2.05) is 57.1 Å². The predicted octanol–water partition coefficient (Wildman–Crippen LogP) is 2.89. The van der Waals surface area contributed by atoms with E-state index in [2.05, 4.69) is 0 Å². The van der Waals surface area contributed by atoms with Crippen molar-refractivity contribution in [2.75, 3.05) is 38.6 Å². The quantitative estimate of drug-likeness (QED) is 0.418. The van der Waals surface area contributed by atoms with Crippen LogP contribution >= 0.6 is 0 Å². The summed E-state index contributed by atoms with van der Waals surface area (Å²) in [5.74, 6) is -2.31. The molecule has 7 nitrogen and oxygen atoms in total. The third-order valence-electron chi connectivity index (χ3n) is 6.44. The molecule has 0 bridgehead atoms. The van der Waals surface area contributed by atoms with Gasteiger partial charge in [-0.05, 0) is 47.0 Å². The number of likely N-dealkylation sites (N-methyl/N-ethyl adjacent to an activating group) is 1. The minimum absolute atomic E-state index is 0.158. The molecule has 4 rings (SSSR count). The molecule has 1 saturated heterocycles. The van der Waals surface area contributed by atoms with Crippen LogP contribution in [-0.4, -0.2) is 66.2 Å². The molecule has 1 atom stereocenters. The number of para-hydroxylation sites is 1. The number of hydrogen-bond donors (Lipinski definition) is 1. The number of nitrogens with zero attached hydrogens (tertiary/aromatic N) is 3. The van der Waals surface area contributed by atoms with Crippen molar-refractivity contribution in [2.24, 2.45) is 0 Å². The van der Waals surface area contributed by atoms with Crippen molar-refractivity contribution in [3.8, 4) is 0 Å². The molecule has 7 heteroatoms. The highest BCUT2D eigenvalue weighted by Gasteiger charge is 2.66. The van der Waals surface area contributed by atoms with Gasteiger partial charge in [0.1, 0.15) is 5.76 Å². The molecule has 33 heavy (non-hydrogen) atoms. The second-order valence-electron chi connectivity index (χ2n) is 8.81. The van der Waals surface area contributed by atoms with Gasteiger partial charge in [-0.1, -0.05) is 48.0 Å². The van der Waals surface area contributed by atoms with Gasteiger partial charge in [-0.3, -0.25) is 14.4 Å². The molecule has 2 aromatic rings. The summed E-state index contributed by atoms with van der Waals surface area (Å²) in [5, 5.41) is 11.4. The molecule has 2 aliphatic heterocycles. The fourth-order valence-corrected chi connectivity index (χ4v) is 4.88. The number of hydrogen-bond acceptors (Lipinski definition) is 5. The average molecular weight is 448 g/mol. The Morgan fingerprint density at radius 2 is 1.70 bits per heavy atom. The van der Waals surface area contributed by atoms with Gasteiger partial charge in [0.2, 0.25) is 0 Å². The maximum atomic E-state index is 14.0. The highest BCUT2D eigenvalue weighted by atomic mass is 16.3. The Labute approximate surface area is 193 Å². The number of aryl methyl sites for hydroxylation is 1. The predicted molar refractivity (Wildman–Crippen MR) is 127 cm³/mol. The van der Waals surface area contributed by atoms with Crippen LogP contribution in [0.3, 0.4) is 0 Å². The van der Waals surface area contributed by atoms with Crippen molar-refractivity contribution < 1.29 is 19.5 Å². The number of amides is 2. The number of aliphatic hydroxyl groups is 1. The van der Waals surface area contributed by atoms with Crippen molar-refractivity contribution in [3.05, 3.63) is 70.8 Å². The van der Waals surface area contributed by atoms with Crippen LogP contribution in [0, 0.1) is 6.92 Å². The topological polar surface area (TPSA) is 81.2 Å². The van der Waals surface area contributed by atoms with Crippen LogP contribution in [0.4, 0.5) is 5.69 Å². The minimum Gasteiger partial charge on any atom is -0.507 e. The summed E-state index contributed by atoms with van der Waals surface area (Å²) in [7, 11) is 3.85. The Balaban J connectivity index is 1.99. The average Bonchev–Trinajstić information content (AvgIpc) is 3.17. The van der Waals surface area contributed by atoms with Crippen LogP contribution < -0.4 is 4.90 Å². The van der Waals surface area contributed by atoms with Gasteiger partial charge in [0.05, 0.1) is 11.3 Å². The fraction of sp³-hybridized carbons (Fsp3) is 0.346. The van der Waals surface area contributed by atoms with E-state index in [1.54, 1.807) is 29.2 Å².